The van der Waals surface area contributed by atoms with E-state index in [9.17, 15) is 9.18 Å². The van der Waals surface area contributed by atoms with Crippen LogP contribution < -0.4 is 10.6 Å². The Bertz CT molecular complexity index is 570. The lowest BCUT2D eigenvalue weighted by Gasteiger charge is -2.10. The highest BCUT2D eigenvalue weighted by Crippen LogP contribution is 2.15. The number of carbonyl (C=O) groups excluding carboxylic acids is 1. The highest BCUT2D eigenvalue weighted by Gasteiger charge is 2.04. The Labute approximate surface area is 116 Å². The lowest BCUT2D eigenvalue weighted by Crippen LogP contribution is -2.30. The maximum Gasteiger partial charge on any atom is 0.319 e. The molecule has 2 rings (SSSR count). The third-order valence-electron chi connectivity index (χ3n) is 2.78. The molecule has 0 bridgehead atoms. The molecular formula is C13H16FN5O. The van der Waals surface area contributed by atoms with Crippen molar-refractivity contribution in [2.45, 2.75) is 19.9 Å². The van der Waals surface area contributed by atoms with Crippen LogP contribution in [0.1, 0.15) is 12.0 Å². The molecule has 7 heteroatoms. The van der Waals surface area contributed by atoms with Gasteiger partial charge in [-0.25, -0.2) is 9.18 Å². The first-order valence-electron chi connectivity index (χ1n) is 6.28. The smallest absolute Gasteiger partial charge is 0.319 e. The van der Waals surface area contributed by atoms with Crippen LogP contribution in [0.4, 0.5) is 14.9 Å². The van der Waals surface area contributed by atoms with E-state index >= 15 is 0 Å². The standard InChI is InChI=1S/C13H16FN5O/c1-10-7-11(14)3-4-12(10)18-13(20)15-5-2-6-19-8-16-17-9-19/h3-4,7-9H,2,5-6H2,1H3,(H2,15,18,20). The van der Waals surface area contributed by atoms with E-state index in [-0.39, 0.29) is 11.8 Å². The largest absolute Gasteiger partial charge is 0.338 e. The Morgan fingerprint density at radius 1 is 1.35 bits per heavy atom. The molecule has 20 heavy (non-hydrogen) atoms. The molecule has 106 valence electrons. The van der Waals surface area contributed by atoms with E-state index in [0.717, 1.165) is 13.0 Å². The first-order chi connectivity index (χ1) is 9.65. The molecule has 1 aromatic heterocycles. The van der Waals surface area contributed by atoms with Crippen molar-refractivity contribution in [3.8, 4) is 0 Å². The summed E-state index contributed by atoms with van der Waals surface area (Å²) in [4.78, 5) is 11.7. The van der Waals surface area contributed by atoms with E-state index in [2.05, 4.69) is 20.8 Å². The Hall–Kier alpha value is -2.44. The number of rotatable bonds is 5. The number of urea groups is 1. The lowest BCUT2D eigenvalue weighted by molar-refractivity contribution is 0.252. The Balaban J connectivity index is 1.72. The van der Waals surface area contributed by atoms with Gasteiger partial charge in [-0.05, 0) is 37.1 Å². The molecule has 0 saturated carbocycles. The summed E-state index contributed by atoms with van der Waals surface area (Å²) in [5.74, 6) is -0.317. The van der Waals surface area contributed by atoms with Gasteiger partial charge in [0.2, 0.25) is 0 Å². The SMILES string of the molecule is Cc1cc(F)ccc1NC(=O)NCCCn1cnnc1. The van der Waals surface area contributed by atoms with Gasteiger partial charge in [0.15, 0.2) is 0 Å². The molecule has 0 unspecified atom stereocenters. The summed E-state index contributed by atoms with van der Waals surface area (Å²) in [6.07, 6.45) is 4.03. The van der Waals surface area contributed by atoms with Crippen molar-refractivity contribution in [1.29, 1.82) is 0 Å². The number of nitrogens with one attached hydrogen (secondary N) is 2. The first-order valence-corrected chi connectivity index (χ1v) is 6.28. The van der Waals surface area contributed by atoms with Crippen LogP contribution in [0.3, 0.4) is 0 Å². The molecular weight excluding hydrogens is 261 g/mol. The predicted octanol–water partition coefficient (Wildman–Crippen LogP) is 1.94. The minimum atomic E-state index is -0.317. The van der Waals surface area contributed by atoms with Crippen molar-refractivity contribution in [1.82, 2.24) is 20.1 Å². The number of aryl methyl sites for hydroxylation is 2. The highest BCUT2D eigenvalue weighted by atomic mass is 19.1. The first kappa shape index (κ1) is 14.0. The van der Waals surface area contributed by atoms with Gasteiger partial charge in [-0.1, -0.05) is 0 Å². The zero-order valence-corrected chi connectivity index (χ0v) is 11.1. The molecule has 0 radical (unpaired) electrons. The van der Waals surface area contributed by atoms with Gasteiger partial charge in [0, 0.05) is 18.8 Å². The second-order valence-corrected chi connectivity index (χ2v) is 4.39. The van der Waals surface area contributed by atoms with E-state index in [1.165, 1.54) is 12.1 Å². The fraction of sp³-hybridized carbons (Fsp3) is 0.308. The fourth-order valence-corrected chi connectivity index (χ4v) is 1.73. The van der Waals surface area contributed by atoms with Crippen LogP contribution in [0.5, 0.6) is 0 Å². The molecule has 0 spiro atoms. The number of hydrogen-bond donors (Lipinski definition) is 2. The number of hydrogen-bond acceptors (Lipinski definition) is 3. The lowest BCUT2D eigenvalue weighted by atomic mass is 10.2. The average Bonchev–Trinajstić information content (AvgIpc) is 2.91. The third-order valence-corrected chi connectivity index (χ3v) is 2.78. The van der Waals surface area contributed by atoms with E-state index < -0.39 is 0 Å². The molecule has 1 heterocycles. The van der Waals surface area contributed by atoms with Gasteiger partial charge in [-0.2, -0.15) is 0 Å². The van der Waals surface area contributed by atoms with Crippen LogP contribution in [0.15, 0.2) is 30.9 Å². The van der Waals surface area contributed by atoms with Crippen LogP contribution in [0, 0.1) is 12.7 Å². The van der Waals surface area contributed by atoms with E-state index in [0.29, 0.717) is 17.8 Å². The number of halogens is 1. The normalized spacial score (nSPS) is 10.3. The second kappa shape index (κ2) is 6.65. The van der Waals surface area contributed by atoms with Crippen LogP contribution in [-0.2, 0) is 6.54 Å². The van der Waals surface area contributed by atoms with Crippen molar-refractivity contribution in [2.24, 2.45) is 0 Å². The highest BCUT2D eigenvalue weighted by molar-refractivity contribution is 5.89. The van der Waals surface area contributed by atoms with Gasteiger partial charge < -0.3 is 15.2 Å². The van der Waals surface area contributed by atoms with E-state index in [1.807, 2.05) is 4.57 Å². The maximum absolute atomic E-state index is 12.9. The van der Waals surface area contributed by atoms with Crippen molar-refractivity contribution < 1.29 is 9.18 Å². The summed E-state index contributed by atoms with van der Waals surface area (Å²) in [6, 6.07) is 3.93. The molecule has 0 aliphatic carbocycles. The number of benzene rings is 1. The van der Waals surface area contributed by atoms with Gasteiger partial charge in [0.1, 0.15) is 18.5 Å². The number of anilines is 1. The van der Waals surface area contributed by atoms with Gasteiger partial charge in [0.05, 0.1) is 0 Å². The van der Waals surface area contributed by atoms with Crippen molar-refractivity contribution >= 4 is 11.7 Å². The molecule has 0 aliphatic heterocycles. The molecule has 0 aliphatic rings. The van der Waals surface area contributed by atoms with Gasteiger partial charge >= 0.3 is 6.03 Å². The maximum atomic E-state index is 12.9. The topological polar surface area (TPSA) is 71.8 Å². The Morgan fingerprint density at radius 3 is 2.80 bits per heavy atom. The van der Waals surface area contributed by atoms with Crippen LogP contribution in [0.2, 0.25) is 0 Å². The number of carbonyl (C=O) groups is 1. The Morgan fingerprint density at radius 2 is 2.10 bits per heavy atom. The van der Waals surface area contributed by atoms with Crippen LogP contribution in [0.25, 0.3) is 0 Å². The average molecular weight is 277 g/mol. The van der Waals surface area contributed by atoms with Crippen molar-refractivity contribution in [3.05, 3.63) is 42.2 Å². The van der Waals surface area contributed by atoms with Gasteiger partial charge in [0.25, 0.3) is 0 Å². The number of amides is 2. The van der Waals surface area contributed by atoms with Gasteiger partial charge in [-0.3, -0.25) is 0 Å². The quantitative estimate of drug-likeness (QED) is 0.820. The predicted molar refractivity (Wildman–Crippen MR) is 72.8 cm³/mol. The minimum absolute atomic E-state index is 0.302. The summed E-state index contributed by atoms with van der Waals surface area (Å²) < 4.78 is 14.8. The molecule has 2 N–H and O–H groups in total. The third kappa shape index (κ3) is 4.04. The summed E-state index contributed by atoms with van der Waals surface area (Å²) >= 11 is 0. The zero-order chi connectivity index (χ0) is 14.4. The fourth-order valence-electron chi connectivity index (χ4n) is 1.73. The monoisotopic (exact) mass is 277 g/mol. The van der Waals surface area contributed by atoms with Crippen LogP contribution in [-0.4, -0.2) is 27.3 Å². The molecule has 6 nitrogen and oxygen atoms in total. The van der Waals surface area contributed by atoms with Gasteiger partial charge in [-0.15, -0.1) is 10.2 Å². The molecule has 1 aromatic carbocycles. The molecule has 2 aromatic rings. The molecule has 2 amide bonds. The molecule has 0 fully saturated rings. The van der Waals surface area contributed by atoms with E-state index in [4.69, 9.17) is 0 Å². The van der Waals surface area contributed by atoms with E-state index in [1.54, 1.807) is 25.6 Å². The molecule has 0 atom stereocenters. The second-order valence-electron chi connectivity index (χ2n) is 4.39. The minimum Gasteiger partial charge on any atom is -0.338 e. The van der Waals surface area contributed by atoms with Crippen LogP contribution >= 0.6 is 0 Å². The number of aromatic nitrogens is 3. The summed E-state index contributed by atoms with van der Waals surface area (Å²) in [7, 11) is 0. The number of nitrogens with zero attached hydrogens (tertiary/aromatic N) is 3. The summed E-state index contributed by atoms with van der Waals surface area (Å²) in [6.45, 7) is 3.01. The molecule has 0 saturated heterocycles. The summed E-state index contributed by atoms with van der Waals surface area (Å²) in [5, 5.41) is 12.8. The van der Waals surface area contributed by atoms with Crippen molar-refractivity contribution in [2.75, 3.05) is 11.9 Å². The zero-order valence-electron chi connectivity index (χ0n) is 11.1. The summed E-state index contributed by atoms with van der Waals surface area (Å²) in [5.41, 5.74) is 1.28. The van der Waals surface area contributed by atoms with Crippen molar-refractivity contribution in [3.63, 3.8) is 0 Å². The Kier molecular flexibility index (Phi) is 4.65.